The van der Waals surface area contributed by atoms with Crippen LogP contribution in [0, 0.1) is 0 Å². The summed E-state index contributed by atoms with van der Waals surface area (Å²) in [7, 11) is -1.57. The molecule has 1 aliphatic heterocycles. The van der Waals surface area contributed by atoms with Crippen molar-refractivity contribution in [1.82, 2.24) is 4.90 Å². The van der Waals surface area contributed by atoms with E-state index in [0.717, 1.165) is 0 Å². The van der Waals surface area contributed by atoms with Gasteiger partial charge in [-0.3, -0.25) is 4.79 Å². The lowest BCUT2D eigenvalue weighted by atomic mass is 9.84. The molecule has 178 valence electrons. The second-order valence-corrected chi connectivity index (χ2v) is 15.1. The summed E-state index contributed by atoms with van der Waals surface area (Å²) in [6.07, 6.45) is 0. The van der Waals surface area contributed by atoms with Crippen LogP contribution in [0.1, 0.15) is 37.5 Å². The van der Waals surface area contributed by atoms with Crippen LogP contribution in [0.3, 0.4) is 0 Å². The third kappa shape index (κ3) is 3.84. The van der Waals surface area contributed by atoms with Crippen LogP contribution in [0.25, 0.3) is 0 Å². The normalized spacial score (nSPS) is 21.0. The molecule has 0 spiro atoms. The smallest absolute Gasteiger partial charge is 0.232 e. The predicted molar refractivity (Wildman–Crippen MR) is 146 cm³/mol. The highest BCUT2D eigenvalue weighted by Gasteiger charge is 2.66. The van der Waals surface area contributed by atoms with Crippen LogP contribution in [0.2, 0.25) is 18.1 Å². The molecule has 2 atom stereocenters. The summed E-state index contributed by atoms with van der Waals surface area (Å²) in [6.45, 7) is 10.6. The van der Waals surface area contributed by atoms with Gasteiger partial charge in [0.05, 0.1) is 30.6 Å². The molecule has 3 aromatic carbocycles. The molecule has 1 amide bonds. The molecule has 1 aliphatic rings. The highest BCUT2D eigenvalue weighted by atomic mass is 32.2. The minimum atomic E-state index is -1.57. The van der Waals surface area contributed by atoms with Gasteiger partial charge in [0.25, 0.3) is 0 Å². The number of aliphatic hydroxyl groups is 1. The molecule has 0 aliphatic carbocycles. The number of aliphatic hydroxyl groups excluding tert-OH is 1. The zero-order chi connectivity index (χ0) is 24.6. The molecule has 0 saturated carbocycles. The van der Waals surface area contributed by atoms with Gasteiger partial charge in [-0.1, -0.05) is 104 Å². The van der Waals surface area contributed by atoms with Gasteiger partial charge in [0.2, 0.25) is 5.91 Å². The highest BCUT2D eigenvalue weighted by molar-refractivity contribution is 8.01. The molecule has 0 radical (unpaired) electrons. The Kier molecular flexibility index (Phi) is 6.82. The summed E-state index contributed by atoms with van der Waals surface area (Å²) in [5.41, 5.74) is 3.17. The van der Waals surface area contributed by atoms with Crippen LogP contribution in [0.5, 0.6) is 0 Å². The van der Waals surface area contributed by atoms with E-state index in [9.17, 15) is 9.90 Å². The Bertz CT molecular complexity index is 1020. The molecular formula is C29H35NO2SSi. The van der Waals surface area contributed by atoms with Crippen molar-refractivity contribution in [3.63, 3.8) is 0 Å². The van der Waals surface area contributed by atoms with Crippen LogP contribution in [0.4, 0.5) is 0 Å². The van der Waals surface area contributed by atoms with E-state index in [1.165, 1.54) is 16.7 Å². The van der Waals surface area contributed by atoms with Gasteiger partial charge in [-0.05, 0) is 37.5 Å². The predicted octanol–water partition coefficient (Wildman–Crippen LogP) is 5.90. The molecule has 34 heavy (non-hydrogen) atoms. The second-order valence-electron chi connectivity index (χ2n) is 10.4. The fourth-order valence-electron chi connectivity index (χ4n) is 5.17. The van der Waals surface area contributed by atoms with E-state index in [4.69, 9.17) is 0 Å². The standard InChI is InChI=1S/C29H35NO2SSi/c1-27(2,3)30-25(32)28(21-31,34(4)5)26(30)33-29(22-15-9-6-10-16-22,23-17-11-7-12-18-23)24-19-13-8-14-20-24/h6-20,26,31,34H,21H2,1-5H3. The Balaban J connectivity index is 2.00. The number of hydrogen-bond donors (Lipinski definition) is 1. The Hall–Kier alpha value is -2.34. The molecule has 1 fully saturated rings. The zero-order valence-corrected chi connectivity index (χ0v) is 22.7. The molecule has 2 unspecified atom stereocenters. The first-order valence-corrected chi connectivity index (χ1v) is 15.7. The molecule has 0 aromatic heterocycles. The van der Waals surface area contributed by atoms with E-state index in [1.807, 2.05) is 34.9 Å². The van der Waals surface area contributed by atoms with Crippen molar-refractivity contribution >= 4 is 26.5 Å². The van der Waals surface area contributed by atoms with Gasteiger partial charge in [0, 0.05) is 5.54 Å². The fourth-order valence-corrected chi connectivity index (χ4v) is 9.96. The number of hydrogen-bond acceptors (Lipinski definition) is 3. The summed E-state index contributed by atoms with van der Waals surface area (Å²) >= 11 is 1.82. The molecule has 5 heteroatoms. The van der Waals surface area contributed by atoms with Crippen molar-refractivity contribution in [2.75, 3.05) is 6.61 Å². The van der Waals surface area contributed by atoms with E-state index >= 15 is 0 Å². The first-order valence-electron chi connectivity index (χ1n) is 12.0. The van der Waals surface area contributed by atoms with Crippen LogP contribution in [0.15, 0.2) is 91.0 Å². The van der Waals surface area contributed by atoms with E-state index in [2.05, 4.69) is 107 Å². The van der Waals surface area contributed by atoms with E-state index < -0.39 is 18.6 Å². The minimum Gasteiger partial charge on any atom is -0.395 e. The van der Waals surface area contributed by atoms with Crippen LogP contribution in [-0.4, -0.2) is 42.2 Å². The lowest BCUT2D eigenvalue weighted by Gasteiger charge is -2.63. The number of rotatable bonds is 7. The maximum atomic E-state index is 13.7. The van der Waals surface area contributed by atoms with Crippen molar-refractivity contribution in [2.24, 2.45) is 0 Å². The van der Waals surface area contributed by atoms with Gasteiger partial charge in [0.15, 0.2) is 0 Å². The van der Waals surface area contributed by atoms with Crippen LogP contribution >= 0.6 is 11.8 Å². The Morgan fingerprint density at radius 2 is 1.21 bits per heavy atom. The maximum absolute atomic E-state index is 13.7. The number of thioether (sulfide) groups is 1. The van der Waals surface area contributed by atoms with Gasteiger partial charge >= 0.3 is 0 Å². The van der Waals surface area contributed by atoms with Gasteiger partial charge in [-0.25, -0.2) is 0 Å². The first-order chi connectivity index (χ1) is 16.2. The molecular weight excluding hydrogens is 454 g/mol. The second kappa shape index (κ2) is 9.37. The quantitative estimate of drug-likeness (QED) is 0.255. The van der Waals surface area contributed by atoms with Crippen molar-refractivity contribution in [3.8, 4) is 0 Å². The minimum absolute atomic E-state index is 0.102. The van der Waals surface area contributed by atoms with Gasteiger partial charge in [-0.15, -0.1) is 11.8 Å². The molecule has 1 N–H and O–H groups in total. The molecule has 4 rings (SSSR count). The Morgan fingerprint density at radius 1 is 0.824 bits per heavy atom. The number of likely N-dealkylation sites (tertiary alicyclic amines) is 1. The Morgan fingerprint density at radius 3 is 1.50 bits per heavy atom. The number of carbonyl (C=O) groups excluding carboxylic acids is 1. The number of benzene rings is 3. The van der Waals surface area contributed by atoms with E-state index in [-0.39, 0.29) is 23.4 Å². The average molecular weight is 490 g/mol. The van der Waals surface area contributed by atoms with Crippen molar-refractivity contribution < 1.29 is 9.90 Å². The zero-order valence-electron chi connectivity index (χ0n) is 20.7. The number of amides is 1. The SMILES string of the molecule is C[SiH](C)C1(CO)C(=O)N(C(C)(C)C)C1SC(c1ccccc1)(c1ccccc1)c1ccccc1. The lowest BCUT2D eigenvalue weighted by molar-refractivity contribution is -0.159. The third-order valence-corrected chi connectivity index (χ3v) is 12.1. The summed E-state index contributed by atoms with van der Waals surface area (Å²) in [5, 5.41) is 9.88. The van der Waals surface area contributed by atoms with E-state index in [0.29, 0.717) is 0 Å². The summed E-state index contributed by atoms with van der Waals surface area (Å²) < 4.78 is -0.539. The van der Waals surface area contributed by atoms with Crippen molar-refractivity contribution in [1.29, 1.82) is 0 Å². The monoisotopic (exact) mass is 489 g/mol. The van der Waals surface area contributed by atoms with Crippen LogP contribution in [-0.2, 0) is 9.54 Å². The summed E-state index contributed by atoms with van der Waals surface area (Å²) in [5.74, 6) is 0.102. The molecule has 1 saturated heterocycles. The van der Waals surface area contributed by atoms with Crippen molar-refractivity contribution in [3.05, 3.63) is 108 Å². The third-order valence-electron chi connectivity index (χ3n) is 7.14. The van der Waals surface area contributed by atoms with Crippen molar-refractivity contribution in [2.45, 2.75) is 54.6 Å². The molecule has 3 nitrogen and oxygen atoms in total. The number of carbonyl (C=O) groups is 1. The Labute approximate surface area is 209 Å². The molecule has 3 aromatic rings. The molecule has 1 heterocycles. The highest BCUT2D eigenvalue weighted by Crippen LogP contribution is 2.62. The summed E-state index contributed by atoms with van der Waals surface area (Å²) in [6, 6.07) is 31.7. The maximum Gasteiger partial charge on any atom is 0.232 e. The van der Waals surface area contributed by atoms with Gasteiger partial charge < -0.3 is 10.0 Å². The van der Waals surface area contributed by atoms with E-state index in [1.54, 1.807) is 0 Å². The first kappa shape index (κ1) is 24.8. The van der Waals surface area contributed by atoms with Gasteiger partial charge in [0.1, 0.15) is 0 Å². The molecule has 0 bridgehead atoms. The topological polar surface area (TPSA) is 40.5 Å². The van der Waals surface area contributed by atoms with Crippen LogP contribution < -0.4 is 0 Å². The van der Waals surface area contributed by atoms with Gasteiger partial charge in [-0.2, -0.15) is 0 Å². The lowest BCUT2D eigenvalue weighted by Crippen LogP contribution is -2.73. The number of β-lactam (4-membered cyclic amide) rings is 1. The largest absolute Gasteiger partial charge is 0.395 e. The fraction of sp³-hybridized carbons (Fsp3) is 0.345. The average Bonchev–Trinajstić information content (AvgIpc) is 2.83. The summed E-state index contributed by atoms with van der Waals surface area (Å²) in [4.78, 5) is 15.7. The number of nitrogens with zero attached hydrogens (tertiary/aromatic N) is 1.